The Morgan fingerprint density at radius 3 is 2.64 bits per heavy atom. The number of nitrogens with one attached hydrogen (secondary N) is 2. The first-order valence-electron chi connectivity index (χ1n) is 8.84. The zero-order valence-electron chi connectivity index (χ0n) is 14.6. The maximum Gasteiger partial charge on any atom is 0.321 e. The second-order valence-electron chi connectivity index (χ2n) is 6.44. The normalized spacial score (nSPS) is 15.6. The predicted molar refractivity (Wildman–Crippen MR) is 101 cm³/mol. The Kier molecular flexibility index (Phi) is 6.36. The first-order chi connectivity index (χ1) is 12.2. The highest BCUT2D eigenvalue weighted by atomic mass is 32.1. The van der Waals surface area contributed by atoms with E-state index >= 15 is 0 Å². The molecule has 25 heavy (non-hydrogen) atoms. The number of aromatic nitrogens is 2. The Morgan fingerprint density at radius 1 is 1.16 bits per heavy atom. The zero-order valence-corrected chi connectivity index (χ0v) is 15.4. The van der Waals surface area contributed by atoms with Crippen molar-refractivity contribution in [3.8, 4) is 0 Å². The Balaban J connectivity index is 1.49. The van der Waals surface area contributed by atoms with Crippen LogP contribution in [0.1, 0.15) is 41.8 Å². The van der Waals surface area contributed by atoms with Crippen molar-refractivity contribution in [2.75, 3.05) is 18.4 Å². The summed E-state index contributed by atoms with van der Waals surface area (Å²) in [5.74, 6) is 0. The largest absolute Gasteiger partial charge is 0.334 e. The van der Waals surface area contributed by atoms with Crippen LogP contribution in [0.25, 0.3) is 0 Å². The summed E-state index contributed by atoms with van der Waals surface area (Å²) < 4.78 is 0. The van der Waals surface area contributed by atoms with Gasteiger partial charge in [0.1, 0.15) is 5.01 Å². The molecular weight excluding hydrogens is 334 g/mol. The monoisotopic (exact) mass is 359 g/mol. The van der Waals surface area contributed by atoms with Gasteiger partial charge in [0.15, 0.2) is 0 Å². The highest BCUT2D eigenvalue weighted by molar-refractivity contribution is 7.15. The summed E-state index contributed by atoms with van der Waals surface area (Å²) in [7, 11) is 0. The molecule has 0 atom stereocenters. The van der Waals surface area contributed by atoms with Crippen molar-refractivity contribution in [1.82, 2.24) is 20.4 Å². The molecule has 3 rings (SSSR count). The van der Waals surface area contributed by atoms with Gasteiger partial charge in [0.2, 0.25) is 5.13 Å². The fourth-order valence-corrected chi connectivity index (χ4v) is 3.65. The second-order valence-corrected chi connectivity index (χ2v) is 7.63. The quantitative estimate of drug-likeness (QED) is 0.857. The summed E-state index contributed by atoms with van der Waals surface area (Å²) in [6.07, 6.45) is 5.30. The molecule has 1 aromatic carbocycles. The van der Waals surface area contributed by atoms with Crippen LogP contribution >= 0.6 is 11.3 Å². The van der Waals surface area contributed by atoms with Crippen molar-refractivity contribution in [1.29, 1.82) is 0 Å². The average molecular weight is 359 g/mol. The van der Waals surface area contributed by atoms with E-state index in [1.54, 1.807) is 0 Å². The smallest absolute Gasteiger partial charge is 0.321 e. The first-order valence-corrected chi connectivity index (χ1v) is 9.66. The van der Waals surface area contributed by atoms with E-state index in [9.17, 15) is 4.79 Å². The SMILES string of the molecule is Cc1nnc(NC(=O)NCc2cccc(CN3CCCCCC3)c2)s1. The number of aryl methyl sites for hydroxylation is 1. The summed E-state index contributed by atoms with van der Waals surface area (Å²) in [6, 6.07) is 8.20. The van der Waals surface area contributed by atoms with Crippen molar-refractivity contribution in [2.24, 2.45) is 0 Å². The topological polar surface area (TPSA) is 70.1 Å². The highest BCUT2D eigenvalue weighted by Crippen LogP contribution is 2.15. The standard InChI is InChI=1S/C18H25N5OS/c1-14-21-22-18(25-14)20-17(24)19-12-15-7-6-8-16(11-15)13-23-9-4-2-3-5-10-23/h6-8,11H,2-5,9-10,12-13H2,1H3,(H2,19,20,22,24). The van der Waals surface area contributed by atoms with Crippen LogP contribution in [0.2, 0.25) is 0 Å². The number of rotatable bonds is 5. The van der Waals surface area contributed by atoms with E-state index in [-0.39, 0.29) is 6.03 Å². The fraction of sp³-hybridized carbons (Fsp3) is 0.500. The van der Waals surface area contributed by atoms with Crippen molar-refractivity contribution in [3.05, 3.63) is 40.4 Å². The second kappa shape index (κ2) is 8.92. The third kappa shape index (κ3) is 5.79. The minimum atomic E-state index is -0.255. The molecule has 2 heterocycles. The molecule has 1 aliphatic rings. The van der Waals surface area contributed by atoms with Crippen LogP contribution in [0.3, 0.4) is 0 Å². The number of amides is 2. The van der Waals surface area contributed by atoms with E-state index in [0.29, 0.717) is 11.7 Å². The number of hydrogen-bond acceptors (Lipinski definition) is 5. The number of hydrogen-bond donors (Lipinski definition) is 2. The molecular formula is C18H25N5OS. The highest BCUT2D eigenvalue weighted by Gasteiger charge is 2.10. The Hall–Kier alpha value is -1.99. The van der Waals surface area contributed by atoms with Gasteiger partial charge < -0.3 is 5.32 Å². The van der Waals surface area contributed by atoms with Crippen LogP contribution in [0.5, 0.6) is 0 Å². The molecule has 0 aliphatic carbocycles. The summed E-state index contributed by atoms with van der Waals surface area (Å²) >= 11 is 1.36. The van der Waals surface area contributed by atoms with E-state index in [4.69, 9.17) is 0 Å². The zero-order chi connectivity index (χ0) is 17.5. The Morgan fingerprint density at radius 2 is 1.92 bits per heavy atom. The van der Waals surface area contributed by atoms with Crippen molar-refractivity contribution >= 4 is 22.5 Å². The van der Waals surface area contributed by atoms with E-state index in [0.717, 1.165) is 17.1 Å². The van der Waals surface area contributed by atoms with Crippen LogP contribution in [0.15, 0.2) is 24.3 Å². The maximum atomic E-state index is 11.9. The molecule has 134 valence electrons. The number of likely N-dealkylation sites (tertiary alicyclic amines) is 1. The predicted octanol–water partition coefficient (Wildman–Crippen LogP) is 3.54. The lowest BCUT2D eigenvalue weighted by molar-refractivity contribution is 0.251. The number of nitrogens with zero attached hydrogens (tertiary/aromatic N) is 3. The van der Waals surface area contributed by atoms with Crippen molar-refractivity contribution in [2.45, 2.75) is 45.7 Å². The van der Waals surface area contributed by atoms with Gasteiger partial charge in [-0.05, 0) is 44.0 Å². The van der Waals surface area contributed by atoms with Gasteiger partial charge in [0.25, 0.3) is 0 Å². The van der Waals surface area contributed by atoms with Gasteiger partial charge in [0.05, 0.1) is 0 Å². The molecule has 1 saturated heterocycles. The van der Waals surface area contributed by atoms with E-state index in [1.807, 2.05) is 13.0 Å². The molecule has 2 amide bonds. The van der Waals surface area contributed by atoms with E-state index in [1.165, 1.54) is 55.7 Å². The lowest BCUT2D eigenvalue weighted by Gasteiger charge is -2.20. The fourth-order valence-electron chi connectivity index (χ4n) is 3.06. The summed E-state index contributed by atoms with van der Waals surface area (Å²) in [4.78, 5) is 14.5. The lowest BCUT2D eigenvalue weighted by Crippen LogP contribution is -2.28. The molecule has 2 N–H and O–H groups in total. The summed E-state index contributed by atoms with van der Waals surface area (Å²) in [5, 5.41) is 14.7. The third-order valence-electron chi connectivity index (χ3n) is 4.30. The molecule has 0 spiro atoms. The van der Waals surface area contributed by atoms with Crippen LogP contribution in [-0.2, 0) is 13.1 Å². The molecule has 0 unspecified atom stereocenters. The molecule has 1 aliphatic heterocycles. The molecule has 6 nitrogen and oxygen atoms in total. The molecule has 1 fully saturated rings. The third-order valence-corrected chi connectivity index (χ3v) is 5.05. The van der Waals surface area contributed by atoms with Gasteiger partial charge in [-0.25, -0.2) is 4.79 Å². The summed E-state index contributed by atoms with van der Waals surface area (Å²) in [5.41, 5.74) is 2.41. The lowest BCUT2D eigenvalue weighted by atomic mass is 10.1. The van der Waals surface area contributed by atoms with Crippen LogP contribution in [-0.4, -0.2) is 34.2 Å². The summed E-state index contributed by atoms with van der Waals surface area (Å²) in [6.45, 7) is 5.72. The van der Waals surface area contributed by atoms with Gasteiger partial charge >= 0.3 is 6.03 Å². The van der Waals surface area contributed by atoms with E-state index in [2.05, 4.69) is 43.9 Å². The van der Waals surface area contributed by atoms with Gasteiger partial charge in [-0.3, -0.25) is 10.2 Å². The Bertz CT molecular complexity index is 694. The Labute approximate surface area is 152 Å². The van der Waals surface area contributed by atoms with Gasteiger partial charge in [0, 0.05) is 13.1 Å². The minimum Gasteiger partial charge on any atom is -0.334 e. The van der Waals surface area contributed by atoms with E-state index < -0.39 is 0 Å². The number of anilines is 1. The minimum absolute atomic E-state index is 0.255. The molecule has 1 aromatic heterocycles. The van der Waals surface area contributed by atoms with Crippen molar-refractivity contribution < 1.29 is 4.79 Å². The maximum absolute atomic E-state index is 11.9. The van der Waals surface area contributed by atoms with Crippen molar-refractivity contribution in [3.63, 3.8) is 0 Å². The molecule has 0 bridgehead atoms. The number of carbonyl (C=O) groups excluding carboxylic acids is 1. The first kappa shape index (κ1) is 17.8. The number of carbonyl (C=O) groups is 1. The van der Waals surface area contributed by atoms with Crippen LogP contribution < -0.4 is 10.6 Å². The van der Waals surface area contributed by atoms with Gasteiger partial charge in [-0.15, -0.1) is 10.2 Å². The molecule has 0 saturated carbocycles. The number of urea groups is 1. The molecule has 7 heteroatoms. The van der Waals surface area contributed by atoms with Crippen LogP contribution in [0, 0.1) is 6.92 Å². The van der Waals surface area contributed by atoms with Crippen LogP contribution in [0.4, 0.5) is 9.93 Å². The molecule has 2 aromatic rings. The average Bonchev–Trinajstić information content (AvgIpc) is 2.84. The van der Waals surface area contributed by atoms with Gasteiger partial charge in [-0.1, -0.05) is 48.4 Å². The van der Waals surface area contributed by atoms with Gasteiger partial charge in [-0.2, -0.15) is 0 Å². The number of benzene rings is 1. The molecule has 0 radical (unpaired) electrons.